The average Bonchev–Trinajstić information content (AvgIpc) is 2.91. The molecule has 0 fully saturated rings. The van der Waals surface area contributed by atoms with Crippen LogP contribution in [0, 0.1) is 17.7 Å². The minimum Gasteiger partial charge on any atom is -0.368 e. The lowest BCUT2D eigenvalue weighted by Gasteiger charge is -2.05. The molecule has 2 heterocycles. The highest BCUT2D eigenvalue weighted by atomic mass is 19.1. The van der Waals surface area contributed by atoms with E-state index in [0.29, 0.717) is 11.3 Å². The van der Waals surface area contributed by atoms with Crippen LogP contribution in [0.25, 0.3) is 22.5 Å². The van der Waals surface area contributed by atoms with Crippen molar-refractivity contribution in [3.63, 3.8) is 0 Å². The fourth-order valence-electron chi connectivity index (χ4n) is 2.18. The van der Waals surface area contributed by atoms with Gasteiger partial charge in [0.15, 0.2) is 0 Å². The third kappa shape index (κ3) is 2.87. The second-order valence-electron chi connectivity index (χ2n) is 4.66. The van der Waals surface area contributed by atoms with Crippen molar-refractivity contribution in [1.82, 2.24) is 19.7 Å². The fraction of sp³-hybridized carbons (Fsp3) is 0.133. The van der Waals surface area contributed by atoms with Gasteiger partial charge in [-0.05, 0) is 18.2 Å². The van der Waals surface area contributed by atoms with E-state index in [9.17, 15) is 13.2 Å². The van der Waals surface area contributed by atoms with Gasteiger partial charge in [-0.25, -0.2) is 23.1 Å². The van der Waals surface area contributed by atoms with Crippen molar-refractivity contribution in [3.05, 3.63) is 48.3 Å². The minimum atomic E-state index is -0.890. The van der Waals surface area contributed by atoms with Crippen LogP contribution < -0.4 is 5.73 Å². The topological polar surface area (TPSA) is 69.6 Å². The van der Waals surface area contributed by atoms with Crippen LogP contribution >= 0.6 is 0 Å². The number of alkyl halides is 1. The van der Waals surface area contributed by atoms with Gasteiger partial charge < -0.3 is 5.73 Å². The van der Waals surface area contributed by atoms with Crippen LogP contribution in [0.15, 0.2) is 30.6 Å². The first kappa shape index (κ1) is 15.0. The van der Waals surface area contributed by atoms with Gasteiger partial charge in [-0.1, -0.05) is 0 Å². The Morgan fingerprint density at radius 3 is 2.78 bits per heavy atom. The second kappa shape index (κ2) is 6.07. The quantitative estimate of drug-likeness (QED) is 0.803. The SMILES string of the molecule is Nc1nccc(-c2cn(CCF)nc2-c2c(F)[c]ccc2F)n1. The number of aryl methyl sites for hydroxylation is 1. The van der Waals surface area contributed by atoms with E-state index in [0.717, 1.165) is 12.1 Å². The molecule has 3 aromatic rings. The average molecular weight is 318 g/mol. The molecule has 117 valence electrons. The maximum absolute atomic E-state index is 14.1. The lowest BCUT2D eigenvalue weighted by atomic mass is 10.0. The molecule has 0 aliphatic rings. The fourth-order valence-corrected chi connectivity index (χ4v) is 2.18. The third-order valence-corrected chi connectivity index (χ3v) is 3.16. The van der Waals surface area contributed by atoms with E-state index in [-0.39, 0.29) is 23.8 Å². The van der Waals surface area contributed by atoms with Gasteiger partial charge in [0.1, 0.15) is 24.0 Å². The predicted molar refractivity (Wildman–Crippen MR) is 77.8 cm³/mol. The van der Waals surface area contributed by atoms with E-state index in [1.165, 1.54) is 23.1 Å². The summed E-state index contributed by atoms with van der Waals surface area (Å²) in [5, 5.41) is 4.07. The molecule has 0 bridgehead atoms. The molecule has 8 heteroatoms. The van der Waals surface area contributed by atoms with Gasteiger partial charge in [0.25, 0.3) is 0 Å². The molecule has 0 aliphatic heterocycles. The van der Waals surface area contributed by atoms with Crippen LogP contribution in [0.2, 0.25) is 0 Å². The molecule has 0 aliphatic carbocycles. The van der Waals surface area contributed by atoms with Gasteiger partial charge in [-0.2, -0.15) is 5.10 Å². The predicted octanol–water partition coefficient (Wildman–Crippen LogP) is 2.64. The number of rotatable bonds is 4. The van der Waals surface area contributed by atoms with E-state index in [1.807, 2.05) is 0 Å². The number of benzene rings is 1. The highest BCUT2D eigenvalue weighted by Crippen LogP contribution is 2.33. The molecule has 0 saturated heterocycles. The van der Waals surface area contributed by atoms with Crippen LogP contribution in [0.5, 0.6) is 0 Å². The first-order valence-electron chi connectivity index (χ1n) is 6.68. The van der Waals surface area contributed by atoms with Gasteiger partial charge in [0.2, 0.25) is 5.95 Å². The van der Waals surface area contributed by atoms with Crippen molar-refractivity contribution < 1.29 is 13.2 Å². The molecule has 23 heavy (non-hydrogen) atoms. The summed E-state index contributed by atoms with van der Waals surface area (Å²) in [6.07, 6.45) is 2.88. The zero-order valence-electron chi connectivity index (χ0n) is 11.8. The summed E-state index contributed by atoms with van der Waals surface area (Å²) in [6, 6.07) is 6.02. The van der Waals surface area contributed by atoms with Crippen molar-refractivity contribution >= 4 is 5.95 Å². The van der Waals surface area contributed by atoms with E-state index in [2.05, 4.69) is 21.1 Å². The maximum Gasteiger partial charge on any atom is 0.220 e. The first-order chi connectivity index (χ1) is 11.1. The Hall–Kier alpha value is -2.90. The van der Waals surface area contributed by atoms with E-state index >= 15 is 0 Å². The van der Waals surface area contributed by atoms with Crippen molar-refractivity contribution in [3.8, 4) is 22.5 Å². The van der Waals surface area contributed by atoms with Gasteiger partial charge in [-0.15, -0.1) is 0 Å². The molecule has 0 spiro atoms. The standard InChI is InChI=1S/C15H11F3N5/c16-5-7-23-8-9(12-4-6-20-15(19)21-12)14(22-23)13-10(17)2-1-3-11(13)18/h1-2,4,6,8H,5,7H2,(H2,19,20,21). The Labute approximate surface area is 129 Å². The highest BCUT2D eigenvalue weighted by Gasteiger charge is 2.21. The number of hydrogen-bond donors (Lipinski definition) is 1. The van der Waals surface area contributed by atoms with Gasteiger partial charge >= 0.3 is 0 Å². The third-order valence-electron chi connectivity index (χ3n) is 3.16. The monoisotopic (exact) mass is 318 g/mol. The van der Waals surface area contributed by atoms with E-state index < -0.39 is 18.3 Å². The summed E-state index contributed by atoms with van der Waals surface area (Å²) in [4.78, 5) is 7.80. The lowest BCUT2D eigenvalue weighted by molar-refractivity contribution is 0.427. The van der Waals surface area contributed by atoms with Gasteiger partial charge in [-0.3, -0.25) is 4.68 Å². The highest BCUT2D eigenvalue weighted by molar-refractivity contribution is 5.79. The number of aromatic nitrogens is 4. The summed E-state index contributed by atoms with van der Waals surface area (Å²) in [6.45, 7) is -0.717. The Kier molecular flexibility index (Phi) is 3.96. The molecular weight excluding hydrogens is 307 g/mol. The molecular formula is C15H11F3N5. The summed E-state index contributed by atoms with van der Waals surface area (Å²) in [5.41, 5.74) is 5.86. The molecule has 1 radical (unpaired) electrons. The van der Waals surface area contributed by atoms with Crippen LogP contribution in [0.1, 0.15) is 0 Å². The van der Waals surface area contributed by atoms with Crippen LogP contribution in [-0.4, -0.2) is 26.4 Å². The van der Waals surface area contributed by atoms with Crippen LogP contribution in [0.4, 0.5) is 19.1 Å². The number of nitrogens with two attached hydrogens (primary N) is 1. The lowest BCUT2D eigenvalue weighted by Crippen LogP contribution is -2.00. The van der Waals surface area contributed by atoms with Gasteiger partial charge in [0.05, 0.1) is 17.8 Å². The summed E-state index contributed by atoms with van der Waals surface area (Å²) in [5.74, 6) is -1.68. The molecule has 3 rings (SSSR count). The summed E-state index contributed by atoms with van der Waals surface area (Å²) < 4.78 is 41.9. The number of hydrogen-bond acceptors (Lipinski definition) is 4. The Morgan fingerprint density at radius 1 is 1.26 bits per heavy atom. The van der Waals surface area contributed by atoms with Crippen molar-refractivity contribution in [1.29, 1.82) is 0 Å². The zero-order chi connectivity index (χ0) is 16.4. The largest absolute Gasteiger partial charge is 0.368 e. The number of halogens is 3. The molecule has 2 aromatic heterocycles. The Balaban J connectivity index is 2.23. The first-order valence-corrected chi connectivity index (χ1v) is 6.68. The van der Waals surface area contributed by atoms with E-state index in [4.69, 9.17) is 5.73 Å². The second-order valence-corrected chi connectivity index (χ2v) is 4.66. The minimum absolute atomic E-state index is 0.00315. The molecule has 1 aromatic carbocycles. The normalized spacial score (nSPS) is 10.9. The van der Waals surface area contributed by atoms with Crippen LogP contribution in [0.3, 0.4) is 0 Å². The van der Waals surface area contributed by atoms with Gasteiger partial charge in [0, 0.05) is 24.0 Å². The molecule has 5 nitrogen and oxygen atoms in total. The summed E-state index contributed by atoms with van der Waals surface area (Å²) in [7, 11) is 0. The van der Waals surface area contributed by atoms with Crippen molar-refractivity contribution in [2.45, 2.75) is 6.54 Å². The molecule has 0 saturated carbocycles. The molecule has 0 atom stereocenters. The summed E-state index contributed by atoms with van der Waals surface area (Å²) >= 11 is 0. The Morgan fingerprint density at radius 2 is 2.09 bits per heavy atom. The maximum atomic E-state index is 14.1. The van der Waals surface area contributed by atoms with Crippen molar-refractivity contribution in [2.75, 3.05) is 12.4 Å². The zero-order valence-corrected chi connectivity index (χ0v) is 11.8. The molecule has 0 amide bonds. The smallest absolute Gasteiger partial charge is 0.220 e. The number of nitrogen functional groups attached to an aromatic ring is 1. The van der Waals surface area contributed by atoms with E-state index in [1.54, 1.807) is 0 Å². The number of anilines is 1. The van der Waals surface area contributed by atoms with Crippen molar-refractivity contribution in [2.24, 2.45) is 0 Å². The number of nitrogens with zero attached hydrogens (tertiary/aromatic N) is 4. The molecule has 0 unspecified atom stereocenters. The Bertz CT molecular complexity index is 827. The molecule has 2 N–H and O–H groups in total. The van der Waals surface area contributed by atoms with Crippen LogP contribution in [-0.2, 0) is 6.54 Å².